The summed E-state index contributed by atoms with van der Waals surface area (Å²) in [7, 11) is 0. The molecule has 0 bridgehead atoms. The van der Waals surface area contributed by atoms with Crippen LogP contribution >= 0.6 is 27.5 Å². The molecule has 0 aliphatic rings. The van der Waals surface area contributed by atoms with Crippen LogP contribution in [0.5, 0.6) is 11.5 Å². The molecule has 3 aromatic rings. The van der Waals surface area contributed by atoms with Gasteiger partial charge in [-0.2, -0.15) is 0 Å². The van der Waals surface area contributed by atoms with E-state index in [2.05, 4.69) is 26.6 Å². The fraction of sp³-hybridized carbons (Fsp3) is 0.192. The Hall–Kier alpha value is -3.36. The van der Waals surface area contributed by atoms with Crippen LogP contribution in [-0.2, 0) is 19.1 Å². The van der Waals surface area contributed by atoms with E-state index in [4.69, 9.17) is 21.1 Å². The van der Waals surface area contributed by atoms with Crippen LogP contribution in [0, 0.1) is 6.92 Å². The monoisotopic (exact) mass is 558 g/mol. The van der Waals surface area contributed by atoms with Gasteiger partial charge in [-0.3, -0.25) is 14.4 Å². The van der Waals surface area contributed by atoms with E-state index in [0.717, 1.165) is 15.8 Å². The maximum atomic E-state index is 12.2. The van der Waals surface area contributed by atoms with E-state index < -0.39 is 18.5 Å². The lowest BCUT2D eigenvalue weighted by molar-refractivity contribution is -0.147. The van der Waals surface area contributed by atoms with Crippen molar-refractivity contribution in [3.63, 3.8) is 0 Å². The number of ether oxygens (including phenoxy) is 2. The number of rotatable bonds is 10. The average Bonchev–Trinajstić information content (AvgIpc) is 2.82. The van der Waals surface area contributed by atoms with Crippen LogP contribution < -0.4 is 15.4 Å². The highest BCUT2D eigenvalue weighted by Gasteiger charge is 2.11. The summed E-state index contributed by atoms with van der Waals surface area (Å²) >= 11 is 9.32. The minimum atomic E-state index is -0.563. The van der Waals surface area contributed by atoms with E-state index >= 15 is 0 Å². The van der Waals surface area contributed by atoms with Gasteiger partial charge in [-0.05, 0) is 67.9 Å². The van der Waals surface area contributed by atoms with Gasteiger partial charge < -0.3 is 20.1 Å². The molecule has 3 aromatic carbocycles. The summed E-state index contributed by atoms with van der Waals surface area (Å²) in [6.07, 6.45) is 0.444. The highest BCUT2D eigenvalue weighted by molar-refractivity contribution is 9.10. The van der Waals surface area contributed by atoms with Gasteiger partial charge in [0.05, 0.1) is 10.7 Å². The number of carbonyl (C=O) groups excluding carboxylic acids is 3. The number of nitrogens with one attached hydrogen (secondary N) is 2. The highest BCUT2D eigenvalue weighted by Crippen LogP contribution is 2.26. The normalized spacial score (nSPS) is 10.4. The molecule has 0 aromatic heterocycles. The van der Waals surface area contributed by atoms with Crippen LogP contribution in [0.4, 0.5) is 11.4 Å². The van der Waals surface area contributed by atoms with Gasteiger partial charge in [0.1, 0.15) is 11.5 Å². The molecule has 7 nitrogen and oxygen atoms in total. The standard InChI is InChI=1S/C26H24BrClN2O5/c1-17-5-10-20(11-6-17)35-21-12-8-19(9-13-21)29-24(31)3-2-4-26(33)34-16-25(32)30-23-14-7-18(27)15-22(23)28/h5-15H,2-4,16H2,1H3,(H,29,31)(H,30,32). The van der Waals surface area contributed by atoms with Crippen molar-refractivity contribution in [1.29, 1.82) is 0 Å². The Morgan fingerprint density at radius 1 is 0.857 bits per heavy atom. The van der Waals surface area contributed by atoms with Gasteiger partial charge in [-0.1, -0.05) is 45.2 Å². The number of anilines is 2. The molecule has 0 atom stereocenters. The number of esters is 1. The third kappa shape index (κ3) is 9.07. The maximum absolute atomic E-state index is 12.2. The molecule has 2 N–H and O–H groups in total. The number of carbonyl (C=O) groups is 3. The summed E-state index contributed by atoms with van der Waals surface area (Å²) in [6.45, 7) is 1.57. The fourth-order valence-electron chi connectivity index (χ4n) is 2.96. The van der Waals surface area contributed by atoms with Crippen LogP contribution in [0.3, 0.4) is 0 Å². The average molecular weight is 560 g/mol. The summed E-state index contributed by atoms with van der Waals surface area (Å²) in [5.41, 5.74) is 2.19. The molecule has 0 aliphatic carbocycles. The summed E-state index contributed by atoms with van der Waals surface area (Å²) in [5, 5.41) is 5.71. The second kappa shape index (κ2) is 12.9. The third-order valence-electron chi connectivity index (χ3n) is 4.75. The Morgan fingerprint density at radius 3 is 2.17 bits per heavy atom. The number of aryl methyl sites for hydroxylation is 1. The Labute approximate surface area is 216 Å². The first-order valence-corrected chi connectivity index (χ1v) is 12.0. The molecule has 0 saturated carbocycles. The van der Waals surface area contributed by atoms with Crippen molar-refractivity contribution >= 4 is 56.7 Å². The first-order valence-electron chi connectivity index (χ1n) is 10.8. The van der Waals surface area contributed by atoms with Crippen molar-refractivity contribution in [3.05, 3.63) is 81.8 Å². The fourth-order valence-corrected chi connectivity index (χ4v) is 3.68. The van der Waals surface area contributed by atoms with Crippen LogP contribution in [0.15, 0.2) is 71.2 Å². The molecular formula is C26H24BrClN2O5. The van der Waals surface area contributed by atoms with Crippen molar-refractivity contribution in [2.45, 2.75) is 26.2 Å². The molecule has 0 radical (unpaired) electrons. The number of hydrogen-bond acceptors (Lipinski definition) is 5. The molecule has 3 rings (SSSR count). The largest absolute Gasteiger partial charge is 0.457 e. The first-order chi connectivity index (χ1) is 16.8. The molecule has 0 heterocycles. The van der Waals surface area contributed by atoms with Crippen molar-refractivity contribution in [2.24, 2.45) is 0 Å². The molecule has 0 spiro atoms. The lowest BCUT2D eigenvalue weighted by Crippen LogP contribution is -2.21. The number of hydrogen-bond donors (Lipinski definition) is 2. The Kier molecular flexibility index (Phi) is 9.69. The van der Waals surface area contributed by atoms with E-state index in [0.29, 0.717) is 28.6 Å². The van der Waals surface area contributed by atoms with Gasteiger partial charge in [0.25, 0.3) is 5.91 Å². The second-order valence-corrected chi connectivity index (χ2v) is 9.00. The number of amides is 2. The SMILES string of the molecule is Cc1ccc(Oc2ccc(NC(=O)CCCC(=O)OCC(=O)Nc3ccc(Br)cc3Cl)cc2)cc1. The van der Waals surface area contributed by atoms with Crippen molar-refractivity contribution < 1.29 is 23.9 Å². The lowest BCUT2D eigenvalue weighted by Gasteiger charge is -2.09. The van der Waals surface area contributed by atoms with Gasteiger partial charge in [-0.15, -0.1) is 0 Å². The summed E-state index contributed by atoms with van der Waals surface area (Å²) in [4.78, 5) is 36.0. The Balaban J connectivity index is 1.33. The van der Waals surface area contributed by atoms with E-state index in [1.165, 1.54) is 0 Å². The zero-order valence-electron chi connectivity index (χ0n) is 19.0. The predicted octanol–water partition coefficient (Wildman–Crippen LogP) is 6.49. The van der Waals surface area contributed by atoms with Crippen LogP contribution in [0.25, 0.3) is 0 Å². The Morgan fingerprint density at radius 2 is 1.51 bits per heavy atom. The predicted molar refractivity (Wildman–Crippen MR) is 139 cm³/mol. The first kappa shape index (κ1) is 26.2. The van der Waals surface area contributed by atoms with E-state index in [-0.39, 0.29) is 18.7 Å². The van der Waals surface area contributed by atoms with Crippen molar-refractivity contribution in [3.8, 4) is 11.5 Å². The highest BCUT2D eigenvalue weighted by atomic mass is 79.9. The molecule has 2 amide bonds. The molecule has 35 heavy (non-hydrogen) atoms. The third-order valence-corrected chi connectivity index (χ3v) is 5.55. The summed E-state index contributed by atoms with van der Waals surface area (Å²) in [6, 6.07) is 19.7. The van der Waals surface area contributed by atoms with Crippen LogP contribution in [-0.4, -0.2) is 24.4 Å². The van der Waals surface area contributed by atoms with E-state index in [1.807, 2.05) is 31.2 Å². The van der Waals surface area contributed by atoms with Crippen LogP contribution in [0.2, 0.25) is 5.02 Å². The second-order valence-electron chi connectivity index (χ2n) is 7.67. The van der Waals surface area contributed by atoms with Gasteiger partial charge in [0.15, 0.2) is 6.61 Å². The minimum absolute atomic E-state index is 0.0169. The molecular weight excluding hydrogens is 536 g/mol. The zero-order valence-corrected chi connectivity index (χ0v) is 21.3. The smallest absolute Gasteiger partial charge is 0.306 e. The quantitative estimate of drug-likeness (QED) is 0.277. The molecule has 0 aliphatic heterocycles. The van der Waals surface area contributed by atoms with Gasteiger partial charge in [0, 0.05) is 23.0 Å². The molecule has 182 valence electrons. The summed E-state index contributed by atoms with van der Waals surface area (Å²) in [5.74, 6) is 0.0881. The molecule has 0 unspecified atom stereocenters. The zero-order chi connectivity index (χ0) is 25.2. The van der Waals surface area contributed by atoms with Crippen LogP contribution in [0.1, 0.15) is 24.8 Å². The molecule has 9 heteroatoms. The lowest BCUT2D eigenvalue weighted by atomic mass is 10.2. The Bertz CT molecular complexity index is 1180. The molecule has 0 fully saturated rings. The van der Waals surface area contributed by atoms with Crippen molar-refractivity contribution in [2.75, 3.05) is 17.2 Å². The van der Waals surface area contributed by atoms with E-state index in [9.17, 15) is 14.4 Å². The van der Waals surface area contributed by atoms with E-state index in [1.54, 1.807) is 42.5 Å². The number of halogens is 2. The summed E-state index contributed by atoms with van der Waals surface area (Å²) < 4.78 is 11.5. The minimum Gasteiger partial charge on any atom is -0.457 e. The molecule has 0 saturated heterocycles. The topological polar surface area (TPSA) is 93.7 Å². The van der Waals surface area contributed by atoms with Gasteiger partial charge in [-0.25, -0.2) is 0 Å². The maximum Gasteiger partial charge on any atom is 0.306 e. The number of benzene rings is 3. The van der Waals surface area contributed by atoms with Gasteiger partial charge >= 0.3 is 5.97 Å². The van der Waals surface area contributed by atoms with Crippen molar-refractivity contribution in [1.82, 2.24) is 0 Å². The van der Waals surface area contributed by atoms with Gasteiger partial charge in [0.2, 0.25) is 5.91 Å².